The van der Waals surface area contributed by atoms with E-state index in [0.29, 0.717) is 34.1 Å². The largest absolute Gasteiger partial charge is 0.494 e. The molecule has 0 bridgehead atoms. The van der Waals surface area contributed by atoms with E-state index in [2.05, 4.69) is 35.4 Å². The van der Waals surface area contributed by atoms with Gasteiger partial charge >= 0.3 is 0 Å². The van der Waals surface area contributed by atoms with Gasteiger partial charge in [-0.3, -0.25) is 0 Å². The van der Waals surface area contributed by atoms with E-state index in [0.717, 1.165) is 11.1 Å². The summed E-state index contributed by atoms with van der Waals surface area (Å²) in [6.07, 6.45) is 4.92. The maximum atomic E-state index is 9.80. The Morgan fingerprint density at radius 3 is 2.59 bits per heavy atom. The molecule has 29 heavy (non-hydrogen) atoms. The van der Waals surface area contributed by atoms with Crippen molar-refractivity contribution in [3.8, 4) is 17.1 Å². The summed E-state index contributed by atoms with van der Waals surface area (Å²) in [5.74, 6) is 2.34. The number of nitrogens with zero attached hydrogens (tertiary/aromatic N) is 6. The first-order valence-corrected chi connectivity index (χ1v) is 8.88. The molecule has 0 fully saturated rings. The second-order valence-corrected chi connectivity index (χ2v) is 6.44. The third-order valence-corrected chi connectivity index (χ3v) is 4.30. The molecule has 2 N–H and O–H groups in total. The van der Waals surface area contributed by atoms with Gasteiger partial charge in [0.15, 0.2) is 11.6 Å². The Kier molecular flexibility index (Phi) is 5.00. The van der Waals surface area contributed by atoms with Crippen LogP contribution >= 0.6 is 0 Å². The fourth-order valence-electron chi connectivity index (χ4n) is 2.88. The highest BCUT2D eigenvalue weighted by atomic mass is 16.5. The molecule has 0 saturated carbocycles. The topological polar surface area (TPSA) is 132 Å². The third-order valence-electron chi connectivity index (χ3n) is 4.30. The van der Waals surface area contributed by atoms with Gasteiger partial charge in [0.2, 0.25) is 0 Å². The number of anilines is 1. The molecule has 4 rings (SSSR count). The smallest absolute Gasteiger partial charge is 0.251 e. The average molecular weight is 393 g/mol. The normalized spacial score (nSPS) is 12.1. The number of hydrogen-bond acceptors (Lipinski definition) is 10. The third kappa shape index (κ3) is 3.69. The minimum atomic E-state index is -0.625. The van der Waals surface area contributed by atoms with E-state index < -0.39 is 6.04 Å². The van der Waals surface area contributed by atoms with Crippen molar-refractivity contribution in [3.05, 3.63) is 48.1 Å². The summed E-state index contributed by atoms with van der Waals surface area (Å²) in [5, 5.41) is 17.4. The van der Waals surface area contributed by atoms with Gasteiger partial charge in [-0.15, -0.1) is 0 Å². The Morgan fingerprint density at radius 2 is 1.93 bits per heavy atom. The van der Waals surface area contributed by atoms with E-state index in [1.165, 1.54) is 6.33 Å². The monoisotopic (exact) mass is 393 g/mol. The standard InChI is InChI=1S/C19H19N7O3/c1-10-6-20-17(21-7-10)12-4-13-16(15(5-12)28-3)22-9-23-18(13)25-14(8-27)19-24-11(2)26-29-19/h4-7,9,14,27H,8H2,1-3H3,(H,22,23,25). The molecule has 0 saturated heterocycles. The molecule has 3 aromatic heterocycles. The van der Waals surface area contributed by atoms with Gasteiger partial charge in [-0.05, 0) is 31.5 Å². The van der Waals surface area contributed by atoms with Gasteiger partial charge in [-0.25, -0.2) is 19.9 Å². The van der Waals surface area contributed by atoms with Gasteiger partial charge in [-0.2, -0.15) is 4.98 Å². The Bertz CT molecular complexity index is 1140. The first-order chi connectivity index (χ1) is 14.1. The Balaban J connectivity index is 1.81. The zero-order chi connectivity index (χ0) is 20.4. The molecular formula is C19H19N7O3. The van der Waals surface area contributed by atoms with E-state index in [9.17, 15) is 5.11 Å². The number of aliphatic hydroxyl groups is 1. The lowest BCUT2D eigenvalue weighted by molar-refractivity contribution is 0.246. The second-order valence-electron chi connectivity index (χ2n) is 6.44. The average Bonchev–Trinajstić information content (AvgIpc) is 3.17. The summed E-state index contributed by atoms with van der Waals surface area (Å²) in [7, 11) is 1.57. The fraction of sp³-hybridized carbons (Fsp3) is 0.263. The van der Waals surface area contributed by atoms with Crippen LogP contribution in [0, 0.1) is 13.8 Å². The number of methoxy groups -OCH3 is 1. The van der Waals surface area contributed by atoms with Crippen molar-refractivity contribution < 1.29 is 14.4 Å². The highest BCUT2D eigenvalue weighted by Gasteiger charge is 2.20. The Labute approximate surface area is 166 Å². The summed E-state index contributed by atoms with van der Waals surface area (Å²) in [6, 6.07) is 3.08. The van der Waals surface area contributed by atoms with Crippen LogP contribution in [0.15, 0.2) is 35.4 Å². The second kappa shape index (κ2) is 7.76. The van der Waals surface area contributed by atoms with Crippen molar-refractivity contribution in [2.45, 2.75) is 19.9 Å². The van der Waals surface area contributed by atoms with Crippen LogP contribution < -0.4 is 10.1 Å². The molecular weight excluding hydrogens is 374 g/mol. The van der Waals surface area contributed by atoms with Crippen molar-refractivity contribution >= 4 is 16.7 Å². The first-order valence-electron chi connectivity index (χ1n) is 8.88. The van der Waals surface area contributed by atoms with Crippen LogP contribution in [0.5, 0.6) is 5.75 Å². The van der Waals surface area contributed by atoms with E-state index >= 15 is 0 Å². The van der Waals surface area contributed by atoms with Crippen LogP contribution in [0.3, 0.4) is 0 Å². The molecule has 0 amide bonds. The molecule has 1 atom stereocenters. The Hall–Kier alpha value is -3.66. The lowest BCUT2D eigenvalue weighted by atomic mass is 10.1. The molecule has 0 aliphatic rings. The molecule has 0 radical (unpaired) electrons. The lowest BCUT2D eigenvalue weighted by Gasteiger charge is -2.16. The Morgan fingerprint density at radius 1 is 1.14 bits per heavy atom. The number of aliphatic hydroxyl groups excluding tert-OH is 1. The van der Waals surface area contributed by atoms with Gasteiger partial charge in [-0.1, -0.05) is 5.16 Å². The van der Waals surface area contributed by atoms with Crippen molar-refractivity contribution in [2.24, 2.45) is 0 Å². The molecule has 1 unspecified atom stereocenters. The van der Waals surface area contributed by atoms with Gasteiger partial charge in [0, 0.05) is 23.3 Å². The highest BCUT2D eigenvalue weighted by Crippen LogP contribution is 2.33. The van der Waals surface area contributed by atoms with E-state index in [1.54, 1.807) is 26.4 Å². The molecule has 148 valence electrons. The minimum Gasteiger partial charge on any atom is -0.494 e. The lowest BCUT2D eigenvalue weighted by Crippen LogP contribution is -2.16. The predicted molar refractivity (Wildman–Crippen MR) is 104 cm³/mol. The number of nitrogens with one attached hydrogen (secondary N) is 1. The number of rotatable bonds is 6. The maximum absolute atomic E-state index is 9.80. The molecule has 3 heterocycles. The molecule has 1 aromatic carbocycles. The number of aryl methyl sites for hydroxylation is 2. The summed E-state index contributed by atoms with van der Waals surface area (Å²) < 4.78 is 10.7. The summed E-state index contributed by atoms with van der Waals surface area (Å²) in [5.41, 5.74) is 2.33. The van der Waals surface area contributed by atoms with Crippen molar-refractivity contribution in [3.63, 3.8) is 0 Å². The first kappa shape index (κ1) is 18.7. The van der Waals surface area contributed by atoms with Gasteiger partial charge < -0.3 is 19.7 Å². The van der Waals surface area contributed by atoms with Crippen LogP contribution in [0.2, 0.25) is 0 Å². The minimum absolute atomic E-state index is 0.259. The molecule has 0 aliphatic carbocycles. The van der Waals surface area contributed by atoms with Crippen LogP contribution in [0.1, 0.15) is 23.3 Å². The molecule has 0 aliphatic heterocycles. The van der Waals surface area contributed by atoms with Crippen molar-refractivity contribution in [1.29, 1.82) is 0 Å². The maximum Gasteiger partial charge on any atom is 0.251 e. The van der Waals surface area contributed by atoms with Gasteiger partial charge in [0.05, 0.1) is 13.7 Å². The number of hydrogen-bond donors (Lipinski definition) is 2. The molecule has 4 aromatic rings. The number of aromatic nitrogens is 6. The fourth-order valence-corrected chi connectivity index (χ4v) is 2.88. The van der Waals surface area contributed by atoms with E-state index in [1.807, 2.05) is 19.1 Å². The highest BCUT2D eigenvalue weighted by molar-refractivity contribution is 5.96. The summed E-state index contributed by atoms with van der Waals surface area (Å²) >= 11 is 0. The summed E-state index contributed by atoms with van der Waals surface area (Å²) in [6.45, 7) is 3.38. The number of fused-ring (bicyclic) bond motifs is 1. The molecule has 10 nitrogen and oxygen atoms in total. The van der Waals surface area contributed by atoms with E-state index in [4.69, 9.17) is 9.26 Å². The summed E-state index contributed by atoms with van der Waals surface area (Å²) in [4.78, 5) is 21.6. The number of benzene rings is 1. The van der Waals surface area contributed by atoms with Crippen molar-refractivity contribution in [1.82, 2.24) is 30.1 Å². The zero-order valence-electron chi connectivity index (χ0n) is 16.1. The quantitative estimate of drug-likeness (QED) is 0.502. The van der Waals surface area contributed by atoms with Crippen LogP contribution in [0.25, 0.3) is 22.3 Å². The van der Waals surface area contributed by atoms with Gasteiger partial charge in [0.25, 0.3) is 5.89 Å². The SMILES string of the molecule is COc1cc(-c2ncc(C)cn2)cc2c(NC(CO)c3nc(C)no3)ncnc12. The van der Waals surface area contributed by atoms with Crippen LogP contribution in [-0.4, -0.2) is 48.9 Å². The molecule has 0 spiro atoms. The predicted octanol–water partition coefficient (Wildman–Crippen LogP) is 2.24. The van der Waals surface area contributed by atoms with Crippen LogP contribution in [0.4, 0.5) is 5.82 Å². The van der Waals surface area contributed by atoms with Crippen molar-refractivity contribution in [2.75, 3.05) is 19.0 Å². The van der Waals surface area contributed by atoms with Crippen LogP contribution in [-0.2, 0) is 0 Å². The zero-order valence-corrected chi connectivity index (χ0v) is 16.1. The van der Waals surface area contributed by atoms with E-state index in [-0.39, 0.29) is 12.5 Å². The molecule has 10 heteroatoms. The number of ether oxygens (including phenoxy) is 1. The van der Waals surface area contributed by atoms with Gasteiger partial charge in [0.1, 0.15) is 29.5 Å².